The molecule has 0 saturated heterocycles. The molecule has 0 bridgehead atoms. The number of carbonyl (C=O) groups excluding carboxylic acids is 1. The van der Waals surface area contributed by atoms with Gasteiger partial charge in [-0.1, -0.05) is 18.2 Å². The normalized spacial score (nSPS) is 10.5. The molecular formula is C16H16IN3O2. The van der Waals surface area contributed by atoms with E-state index in [-0.39, 0.29) is 6.03 Å². The van der Waals surface area contributed by atoms with Gasteiger partial charge in [-0.25, -0.2) is 10.2 Å². The third-order valence-electron chi connectivity index (χ3n) is 2.67. The van der Waals surface area contributed by atoms with E-state index in [0.29, 0.717) is 12.3 Å². The van der Waals surface area contributed by atoms with Crippen LogP contribution in [0.3, 0.4) is 0 Å². The van der Waals surface area contributed by atoms with Crippen LogP contribution in [0, 0.1) is 3.57 Å². The monoisotopic (exact) mass is 409 g/mol. The Morgan fingerprint density at radius 1 is 1.27 bits per heavy atom. The number of rotatable bonds is 5. The maximum Gasteiger partial charge on any atom is 0.339 e. The smallest absolute Gasteiger partial charge is 0.339 e. The first-order valence-corrected chi connectivity index (χ1v) is 7.84. The third-order valence-corrected chi connectivity index (χ3v) is 3.51. The predicted octanol–water partition coefficient (Wildman–Crippen LogP) is 3.85. The van der Waals surface area contributed by atoms with Crippen LogP contribution in [-0.2, 0) is 0 Å². The topological polar surface area (TPSA) is 62.7 Å². The van der Waals surface area contributed by atoms with E-state index in [0.717, 1.165) is 14.9 Å². The van der Waals surface area contributed by atoms with Crippen LogP contribution < -0.4 is 15.5 Å². The summed E-state index contributed by atoms with van der Waals surface area (Å²) in [6.07, 6.45) is 1.59. The van der Waals surface area contributed by atoms with Crippen molar-refractivity contribution in [3.8, 4) is 5.75 Å². The molecule has 0 aliphatic heterocycles. The van der Waals surface area contributed by atoms with Crippen molar-refractivity contribution < 1.29 is 9.53 Å². The number of carbonyl (C=O) groups is 1. The molecule has 5 nitrogen and oxygen atoms in total. The zero-order chi connectivity index (χ0) is 15.8. The Morgan fingerprint density at radius 3 is 2.73 bits per heavy atom. The van der Waals surface area contributed by atoms with E-state index in [1.165, 1.54) is 0 Å². The first kappa shape index (κ1) is 16.3. The van der Waals surface area contributed by atoms with E-state index in [9.17, 15) is 4.79 Å². The second kappa shape index (κ2) is 8.38. The van der Waals surface area contributed by atoms with E-state index < -0.39 is 0 Å². The fourth-order valence-corrected chi connectivity index (χ4v) is 2.41. The number of nitrogens with zero attached hydrogens (tertiary/aromatic N) is 1. The Kier molecular flexibility index (Phi) is 6.20. The molecule has 114 valence electrons. The van der Waals surface area contributed by atoms with E-state index in [2.05, 4.69) is 38.4 Å². The van der Waals surface area contributed by atoms with Crippen LogP contribution in [-0.4, -0.2) is 18.9 Å². The Bertz CT molecular complexity index is 660. The highest BCUT2D eigenvalue weighted by molar-refractivity contribution is 14.1. The highest BCUT2D eigenvalue weighted by Crippen LogP contribution is 2.21. The highest BCUT2D eigenvalue weighted by Gasteiger charge is 2.01. The Hall–Kier alpha value is -2.09. The predicted molar refractivity (Wildman–Crippen MR) is 96.5 cm³/mol. The van der Waals surface area contributed by atoms with Crippen molar-refractivity contribution in [1.29, 1.82) is 0 Å². The Balaban J connectivity index is 1.89. The van der Waals surface area contributed by atoms with Gasteiger partial charge in [0.25, 0.3) is 0 Å². The summed E-state index contributed by atoms with van der Waals surface area (Å²) < 4.78 is 6.47. The fourth-order valence-electron chi connectivity index (χ4n) is 1.72. The molecule has 0 atom stereocenters. The van der Waals surface area contributed by atoms with Gasteiger partial charge in [0.1, 0.15) is 5.75 Å². The molecule has 0 aromatic heterocycles. The lowest BCUT2D eigenvalue weighted by Crippen LogP contribution is -2.24. The van der Waals surface area contributed by atoms with Crippen molar-refractivity contribution in [2.75, 3.05) is 11.9 Å². The zero-order valence-corrected chi connectivity index (χ0v) is 14.2. The number of nitrogens with one attached hydrogen (secondary N) is 2. The molecule has 0 aliphatic rings. The van der Waals surface area contributed by atoms with Crippen molar-refractivity contribution >= 4 is 40.5 Å². The number of halogens is 1. The van der Waals surface area contributed by atoms with Crippen LogP contribution in [0.5, 0.6) is 5.75 Å². The van der Waals surface area contributed by atoms with Crippen LogP contribution in [0.15, 0.2) is 53.6 Å². The van der Waals surface area contributed by atoms with Crippen molar-refractivity contribution in [1.82, 2.24) is 5.43 Å². The summed E-state index contributed by atoms with van der Waals surface area (Å²) in [4.78, 5) is 11.7. The van der Waals surface area contributed by atoms with Gasteiger partial charge in [-0.15, -0.1) is 0 Å². The summed E-state index contributed by atoms with van der Waals surface area (Å²) in [5.74, 6) is 0.843. The van der Waals surface area contributed by atoms with Gasteiger partial charge in [-0.2, -0.15) is 5.10 Å². The molecule has 0 unspecified atom stereocenters. The molecule has 22 heavy (non-hydrogen) atoms. The van der Waals surface area contributed by atoms with Crippen LogP contribution in [0.1, 0.15) is 12.5 Å². The van der Waals surface area contributed by atoms with E-state index >= 15 is 0 Å². The summed E-state index contributed by atoms with van der Waals surface area (Å²) >= 11 is 2.20. The molecular weight excluding hydrogens is 393 g/mol. The minimum atomic E-state index is -0.386. The molecule has 2 rings (SSSR count). The maximum absolute atomic E-state index is 11.7. The SMILES string of the molecule is CCOc1ccc(/C=N/NC(=O)Nc2ccccc2)cc1I. The number of hydrazone groups is 1. The summed E-state index contributed by atoms with van der Waals surface area (Å²) in [6, 6.07) is 14.5. The van der Waals surface area contributed by atoms with Crippen molar-refractivity contribution in [3.63, 3.8) is 0 Å². The lowest BCUT2D eigenvalue weighted by Gasteiger charge is -2.06. The molecule has 0 fully saturated rings. The molecule has 6 heteroatoms. The zero-order valence-electron chi connectivity index (χ0n) is 12.0. The Labute approximate surface area is 142 Å². The Morgan fingerprint density at radius 2 is 2.05 bits per heavy atom. The van der Waals surface area contributed by atoms with Gasteiger partial charge >= 0.3 is 6.03 Å². The summed E-state index contributed by atoms with van der Waals surface area (Å²) in [5.41, 5.74) is 4.02. The van der Waals surface area contributed by atoms with Crippen LogP contribution in [0.25, 0.3) is 0 Å². The first-order valence-electron chi connectivity index (χ1n) is 6.76. The molecule has 0 aliphatic carbocycles. The summed E-state index contributed by atoms with van der Waals surface area (Å²) in [7, 11) is 0. The molecule has 2 amide bonds. The second-order valence-corrected chi connectivity index (χ2v) is 5.48. The van der Waals surface area contributed by atoms with Crippen molar-refractivity contribution in [2.45, 2.75) is 6.92 Å². The average molecular weight is 409 g/mol. The van der Waals surface area contributed by atoms with Gasteiger partial charge in [0.05, 0.1) is 16.4 Å². The molecule has 0 radical (unpaired) electrons. The summed E-state index contributed by atoms with van der Waals surface area (Å²) in [6.45, 7) is 2.57. The molecule has 0 spiro atoms. The molecule has 2 aromatic carbocycles. The fraction of sp³-hybridized carbons (Fsp3) is 0.125. The maximum atomic E-state index is 11.7. The summed E-state index contributed by atoms with van der Waals surface area (Å²) in [5, 5.41) is 6.60. The van der Waals surface area contributed by atoms with Gasteiger partial charge in [-0.05, 0) is 65.4 Å². The highest BCUT2D eigenvalue weighted by atomic mass is 127. The van der Waals surface area contributed by atoms with Crippen molar-refractivity contribution in [2.24, 2.45) is 5.10 Å². The number of anilines is 1. The number of ether oxygens (including phenoxy) is 1. The van der Waals surface area contributed by atoms with Gasteiger partial charge < -0.3 is 10.1 Å². The van der Waals surface area contributed by atoms with Crippen LogP contribution in [0.2, 0.25) is 0 Å². The average Bonchev–Trinajstić information content (AvgIpc) is 2.51. The van der Waals surface area contributed by atoms with Crippen molar-refractivity contribution in [3.05, 3.63) is 57.7 Å². The van der Waals surface area contributed by atoms with E-state index in [1.54, 1.807) is 18.3 Å². The minimum absolute atomic E-state index is 0.386. The van der Waals surface area contributed by atoms with Crippen LogP contribution >= 0.6 is 22.6 Å². The van der Waals surface area contributed by atoms with Crippen LogP contribution in [0.4, 0.5) is 10.5 Å². The molecule has 2 N–H and O–H groups in total. The standard InChI is InChI=1S/C16H16IN3O2/c1-2-22-15-9-8-12(10-14(15)17)11-18-20-16(21)19-13-6-4-3-5-7-13/h3-11H,2H2,1H3,(H2,19,20,21)/b18-11+. The van der Waals surface area contributed by atoms with E-state index in [1.807, 2.05) is 43.3 Å². The number of hydrogen-bond acceptors (Lipinski definition) is 3. The van der Waals surface area contributed by atoms with Gasteiger partial charge in [0.15, 0.2) is 0 Å². The number of urea groups is 1. The number of benzene rings is 2. The minimum Gasteiger partial charge on any atom is -0.493 e. The van der Waals surface area contributed by atoms with Gasteiger partial charge in [0.2, 0.25) is 0 Å². The molecule has 0 saturated carbocycles. The van der Waals surface area contributed by atoms with Gasteiger partial charge in [-0.3, -0.25) is 0 Å². The number of amides is 2. The largest absolute Gasteiger partial charge is 0.493 e. The van der Waals surface area contributed by atoms with E-state index in [4.69, 9.17) is 4.74 Å². The number of para-hydroxylation sites is 1. The lowest BCUT2D eigenvalue weighted by atomic mass is 10.2. The quantitative estimate of drug-likeness (QED) is 0.448. The molecule has 2 aromatic rings. The second-order valence-electron chi connectivity index (χ2n) is 4.31. The third kappa shape index (κ3) is 5.03. The number of hydrogen-bond donors (Lipinski definition) is 2. The molecule has 0 heterocycles. The van der Waals surface area contributed by atoms with Gasteiger partial charge in [0, 0.05) is 5.69 Å². The first-order chi connectivity index (χ1) is 10.7. The lowest BCUT2D eigenvalue weighted by molar-refractivity contribution is 0.252.